The van der Waals surface area contributed by atoms with Gasteiger partial charge in [0.05, 0.1) is 28.9 Å². The van der Waals surface area contributed by atoms with Crippen LogP contribution in [0.2, 0.25) is 0 Å². The van der Waals surface area contributed by atoms with E-state index in [0.29, 0.717) is 54.0 Å². The molecule has 2 aromatic carbocycles. The lowest BCUT2D eigenvalue weighted by atomic mass is 9.95. The first-order valence-corrected chi connectivity index (χ1v) is 15.8. The van der Waals surface area contributed by atoms with Gasteiger partial charge in [0, 0.05) is 37.3 Å². The Morgan fingerprint density at radius 1 is 1.09 bits per heavy atom. The fraction of sp³-hybridized carbons (Fsp3) is 0.382. The summed E-state index contributed by atoms with van der Waals surface area (Å²) < 4.78 is 38.1. The van der Waals surface area contributed by atoms with Gasteiger partial charge in [-0.2, -0.15) is 9.97 Å². The van der Waals surface area contributed by atoms with Crippen LogP contribution in [0.3, 0.4) is 0 Å². The zero-order valence-electron chi connectivity index (χ0n) is 25.7. The quantitative estimate of drug-likeness (QED) is 0.290. The van der Waals surface area contributed by atoms with Gasteiger partial charge in [0.25, 0.3) is 5.91 Å². The Hall–Kier alpha value is -4.71. The Kier molecular flexibility index (Phi) is 7.97. The molecule has 238 valence electrons. The Balaban J connectivity index is 1.34. The van der Waals surface area contributed by atoms with E-state index in [1.54, 1.807) is 36.4 Å². The largest absolute Gasteiger partial charge is 0.461 e. The van der Waals surface area contributed by atoms with Crippen molar-refractivity contribution in [2.24, 2.45) is 10.7 Å². The third kappa shape index (κ3) is 5.40. The molecule has 0 unspecified atom stereocenters. The molecule has 7 rings (SSSR count). The van der Waals surface area contributed by atoms with Crippen molar-refractivity contribution in [3.8, 4) is 17.3 Å². The molecule has 0 aliphatic carbocycles. The van der Waals surface area contributed by atoms with E-state index in [0.717, 1.165) is 38.8 Å². The lowest BCUT2D eigenvalue weighted by Crippen LogP contribution is -2.43. The first kappa shape index (κ1) is 30.0. The molecule has 0 radical (unpaired) electrons. The molecule has 0 bridgehead atoms. The Morgan fingerprint density at radius 2 is 1.87 bits per heavy atom. The number of hydrogen-bond donors (Lipinski definition) is 2. The molecule has 2 saturated heterocycles. The number of aliphatic imine (C=N–C) groups is 1. The summed E-state index contributed by atoms with van der Waals surface area (Å²) in [7, 11) is 1.51. The molecule has 2 fully saturated rings. The normalized spacial score (nSPS) is 18.5. The minimum absolute atomic E-state index is 0.00504. The Morgan fingerprint density at radius 3 is 2.65 bits per heavy atom. The highest BCUT2D eigenvalue weighted by atomic mass is 19.1. The molecule has 0 spiro atoms. The van der Waals surface area contributed by atoms with Crippen molar-refractivity contribution >= 4 is 39.1 Å². The van der Waals surface area contributed by atoms with Crippen LogP contribution in [-0.2, 0) is 4.79 Å². The molecule has 46 heavy (non-hydrogen) atoms. The van der Waals surface area contributed by atoms with E-state index in [1.807, 2.05) is 4.90 Å². The van der Waals surface area contributed by atoms with Crippen LogP contribution in [0.1, 0.15) is 32.1 Å². The predicted octanol–water partition coefficient (Wildman–Crippen LogP) is 4.37. The molecule has 3 aliphatic rings. The van der Waals surface area contributed by atoms with Crippen LogP contribution in [0.4, 0.5) is 14.6 Å². The van der Waals surface area contributed by atoms with Gasteiger partial charge in [0.15, 0.2) is 5.82 Å². The molecule has 1 amide bonds. The van der Waals surface area contributed by atoms with Gasteiger partial charge in [-0.3, -0.25) is 19.7 Å². The fourth-order valence-electron chi connectivity index (χ4n) is 7.14. The number of rotatable bonds is 7. The number of halogens is 2. The zero-order chi connectivity index (χ0) is 31.8. The van der Waals surface area contributed by atoms with E-state index in [4.69, 9.17) is 15.5 Å². The average molecular weight is 627 g/mol. The standard InChI is InChI=1S/C34H36F2N8O2/c1-38-32(45)26(37)17-22-19-43(14-6-13-39-22)31-24-18-40-29(23-9-2-7-21-8-3-10-25(35)27(21)23)28(36)30(24)41-33(42-31)46-20-34-11-4-15-44(34)16-5-12-34/h2-3,7-10,17-18H,4-6,11-16,19-20,37H2,1H3,(H,38,45)/b26-17-. The maximum absolute atomic E-state index is 16.7. The van der Waals surface area contributed by atoms with Gasteiger partial charge in [-0.25, -0.2) is 8.78 Å². The molecule has 3 N–H and O–H groups in total. The van der Waals surface area contributed by atoms with Crippen molar-refractivity contribution in [1.82, 2.24) is 25.2 Å². The van der Waals surface area contributed by atoms with Gasteiger partial charge >= 0.3 is 6.01 Å². The molecule has 12 heteroatoms. The molecule has 0 atom stereocenters. The number of benzene rings is 2. The second-order valence-corrected chi connectivity index (χ2v) is 12.2. The maximum atomic E-state index is 16.7. The van der Waals surface area contributed by atoms with Crippen LogP contribution in [0.5, 0.6) is 6.01 Å². The van der Waals surface area contributed by atoms with E-state index >= 15 is 8.78 Å². The lowest BCUT2D eigenvalue weighted by molar-refractivity contribution is -0.117. The number of nitrogens with two attached hydrogens (primary N) is 1. The molecule has 4 aromatic rings. The van der Waals surface area contributed by atoms with Crippen LogP contribution >= 0.6 is 0 Å². The summed E-state index contributed by atoms with van der Waals surface area (Å²) in [5.41, 5.74) is 6.94. The van der Waals surface area contributed by atoms with E-state index in [2.05, 4.69) is 25.2 Å². The SMILES string of the molecule is CNC(=O)/C(N)=C/C1=NCCCN(c2nc(OCC34CCCN3CCC4)nc3c(F)c(-c4cccc5cccc(F)c45)ncc23)C1. The summed E-state index contributed by atoms with van der Waals surface area (Å²) in [6.45, 7) is 3.85. The molecular formula is C34H36F2N8O2. The minimum atomic E-state index is -0.684. The average Bonchev–Trinajstić information content (AvgIpc) is 3.57. The number of pyridine rings is 1. The van der Waals surface area contributed by atoms with Crippen LogP contribution in [0.15, 0.2) is 59.4 Å². The highest BCUT2D eigenvalue weighted by Gasteiger charge is 2.45. The number of ether oxygens (including phenoxy) is 1. The number of aromatic nitrogens is 3. The van der Waals surface area contributed by atoms with Crippen LogP contribution in [0, 0.1) is 11.6 Å². The number of fused-ring (bicyclic) bond motifs is 3. The van der Waals surface area contributed by atoms with Crippen molar-refractivity contribution in [3.63, 3.8) is 0 Å². The Bertz CT molecular complexity index is 1880. The zero-order valence-corrected chi connectivity index (χ0v) is 25.7. The molecule has 5 heterocycles. The van der Waals surface area contributed by atoms with Crippen LogP contribution in [-0.4, -0.2) is 83.4 Å². The fourth-order valence-corrected chi connectivity index (χ4v) is 7.14. The molecule has 10 nitrogen and oxygen atoms in total. The summed E-state index contributed by atoms with van der Waals surface area (Å²) in [6, 6.07) is 10.0. The monoisotopic (exact) mass is 626 g/mol. The van der Waals surface area contributed by atoms with Gasteiger partial charge in [0.1, 0.15) is 29.5 Å². The molecule has 2 aromatic heterocycles. The van der Waals surface area contributed by atoms with Gasteiger partial charge in [-0.15, -0.1) is 0 Å². The predicted molar refractivity (Wildman–Crippen MR) is 174 cm³/mol. The number of nitrogens with zero attached hydrogens (tertiary/aromatic N) is 6. The van der Waals surface area contributed by atoms with E-state index in [-0.39, 0.29) is 40.4 Å². The second kappa shape index (κ2) is 12.2. The maximum Gasteiger partial charge on any atom is 0.319 e. The lowest BCUT2D eigenvalue weighted by Gasteiger charge is -2.31. The van der Waals surface area contributed by atoms with E-state index in [1.165, 1.54) is 19.3 Å². The van der Waals surface area contributed by atoms with Gasteiger partial charge in [-0.05, 0) is 62.7 Å². The van der Waals surface area contributed by atoms with Crippen molar-refractivity contribution < 1.29 is 18.3 Å². The molecule has 3 aliphatic heterocycles. The third-order valence-electron chi connectivity index (χ3n) is 9.40. The van der Waals surface area contributed by atoms with Gasteiger partial charge in [0.2, 0.25) is 0 Å². The van der Waals surface area contributed by atoms with Crippen molar-refractivity contribution in [2.75, 3.05) is 51.3 Å². The van der Waals surface area contributed by atoms with Crippen molar-refractivity contribution in [3.05, 3.63) is 66.0 Å². The highest BCUT2D eigenvalue weighted by molar-refractivity contribution is 6.06. The topological polar surface area (TPSA) is 122 Å². The number of carbonyl (C=O) groups is 1. The van der Waals surface area contributed by atoms with Crippen LogP contribution in [0.25, 0.3) is 32.9 Å². The number of nitrogens with one attached hydrogen (secondary N) is 1. The Labute approximate surface area is 265 Å². The second-order valence-electron chi connectivity index (χ2n) is 12.2. The third-order valence-corrected chi connectivity index (χ3v) is 9.40. The smallest absolute Gasteiger partial charge is 0.319 e. The highest BCUT2D eigenvalue weighted by Crippen LogP contribution is 2.40. The number of hydrogen-bond acceptors (Lipinski definition) is 9. The van der Waals surface area contributed by atoms with Crippen LogP contribution < -0.4 is 20.7 Å². The van der Waals surface area contributed by atoms with Crippen molar-refractivity contribution in [2.45, 2.75) is 37.6 Å². The van der Waals surface area contributed by atoms with Gasteiger partial charge in [-0.1, -0.05) is 30.3 Å². The molecular weight excluding hydrogens is 590 g/mol. The van der Waals surface area contributed by atoms with Crippen molar-refractivity contribution in [1.29, 1.82) is 0 Å². The summed E-state index contributed by atoms with van der Waals surface area (Å²) in [5.74, 6) is -1.11. The molecule has 0 saturated carbocycles. The summed E-state index contributed by atoms with van der Waals surface area (Å²) in [4.78, 5) is 35.1. The summed E-state index contributed by atoms with van der Waals surface area (Å²) >= 11 is 0. The van der Waals surface area contributed by atoms with Gasteiger partial charge < -0.3 is 20.7 Å². The number of anilines is 1. The summed E-state index contributed by atoms with van der Waals surface area (Å²) in [6.07, 6.45) is 8.08. The first-order chi connectivity index (χ1) is 22.4. The van der Waals surface area contributed by atoms with E-state index in [9.17, 15) is 4.79 Å². The first-order valence-electron chi connectivity index (χ1n) is 15.8. The summed E-state index contributed by atoms with van der Waals surface area (Å²) in [5, 5.41) is 3.84. The minimum Gasteiger partial charge on any atom is -0.461 e. The number of likely N-dealkylation sites (N-methyl/N-ethyl adjacent to an activating group) is 1. The number of carbonyl (C=O) groups excluding carboxylic acids is 1. The van der Waals surface area contributed by atoms with E-state index < -0.39 is 17.5 Å². The number of amides is 1.